The van der Waals surface area contributed by atoms with Crippen LogP contribution in [0.2, 0.25) is 5.02 Å². The van der Waals surface area contributed by atoms with Gasteiger partial charge in [-0.05, 0) is 23.3 Å². The van der Waals surface area contributed by atoms with Gasteiger partial charge in [0.25, 0.3) is 5.91 Å². The minimum Gasteiger partial charge on any atom is -0.382 e. The van der Waals surface area contributed by atoms with E-state index in [-0.39, 0.29) is 5.91 Å². The highest BCUT2D eigenvalue weighted by atomic mass is 35.5. The fraction of sp³-hybridized carbons (Fsp3) is 0.176. The topological polar surface area (TPSA) is 50.7 Å². The molecular formula is C17H15ClN2O2. The van der Waals surface area contributed by atoms with Crippen LogP contribution < -0.4 is 5.32 Å². The quantitative estimate of drug-likeness (QED) is 0.942. The van der Waals surface area contributed by atoms with E-state index in [1.807, 2.05) is 42.5 Å². The largest absolute Gasteiger partial charge is 0.382 e. The van der Waals surface area contributed by atoms with Crippen LogP contribution >= 0.6 is 11.6 Å². The van der Waals surface area contributed by atoms with Gasteiger partial charge < -0.3 is 10.2 Å². The maximum atomic E-state index is 12.1. The van der Waals surface area contributed by atoms with Crippen LogP contribution in [0.1, 0.15) is 17.5 Å². The van der Waals surface area contributed by atoms with Gasteiger partial charge in [0.2, 0.25) is 6.10 Å². The van der Waals surface area contributed by atoms with Gasteiger partial charge in [0.15, 0.2) is 0 Å². The van der Waals surface area contributed by atoms with Crippen LogP contribution in [0.3, 0.4) is 0 Å². The molecule has 4 nitrogen and oxygen atoms in total. The molecule has 1 aliphatic rings. The molecule has 0 saturated carbocycles. The summed E-state index contributed by atoms with van der Waals surface area (Å²) in [6.07, 6.45) is -0.114. The van der Waals surface area contributed by atoms with Gasteiger partial charge in [0, 0.05) is 18.0 Å². The van der Waals surface area contributed by atoms with Gasteiger partial charge in [0.1, 0.15) is 0 Å². The zero-order chi connectivity index (χ0) is 15.4. The molecule has 22 heavy (non-hydrogen) atoms. The first-order valence-electron chi connectivity index (χ1n) is 7.02. The minimum atomic E-state index is -0.575. The molecule has 1 atom stereocenters. The van der Waals surface area contributed by atoms with Gasteiger partial charge in [-0.25, -0.2) is 0 Å². The van der Waals surface area contributed by atoms with Crippen molar-refractivity contribution < 1.29 is 9.63 Å². The molecule has 0 saturated heterocycles. The Morgan fingerprint density at radius 1 is 1.18 bits per heavy atom. The van der Waals surface area contributed by atoms with E-state index in [9.17, 15) is 4.79 Å². The van der Waals surface area contributed by atoms with E-state index >= 15 is 0 Å². The summed E-state index contributed by atoms with van der Waals surface area (Å²) < 4.78 is 0. The summed E-state index contributed by atoms with van der Waals surface area (Å²) in [7, 11) is 0. The smallest absolute Gasteiger partial charge is 0.264 e. The van der Waals surface area contributed by atoms with Crippen molar-refractivity contribution >= 4 is 23.2 Å². The second kappa shape index (κ2) is 6.62. The molecule has 0 bridgehead atoms. The van der Waals surface area contributed by atoms with Gasteiger partial charge in [-0.15, -0.1) is 0 Å². The second-order valence-electron chi connectivity index (χ2n) is 5.05. The van der Waals surface area contributed by atoms with Crippen molar-refractivity contribution in [2.75, 3.05) is 0 Å². The van der Waals surface area contributed by atoms with Crippen molar-refractivity contribution in [2.45, 2.75) is 19.1 Å². The number of carbonyl (C=O) groups excluding carboxylic acids is 1. The highest BCUT2D eigenvalue weighted by Gasteiger charge is 2.28. The number of oxime groups is 1. The molecule has 0 spiro atoms. The fourth-order valence-electron chi connectivity index (χ4n) is 2.23. The van der Waals surface area contributed by atoms with Crippen LogP contribution in [0.5, 0.6) is 0 Å². The summed E-state index contributed by atoms with van der Waals surface area (Å²) >= 11 is 5.86. The Hall–Kier alpha value is -2.33. The zero-order valence-electron chi connectivity index (χ0n) is 11.8. The van der Waals surface area contributed by atoms with E-state index in [0.29, 0.717) is 18.0 Å². The Kier molecular flexibility index (Phi) is 4.39. The SMILES string of the molecule is O=C(NCc1ccccc1)[C@@H]1CC(c2ccc(Cl)cc2)=NO1. The van der Waals surface area contributed by atoms with Crippen molar-refractivity contribution in [3.63, 3.8) is 0 Å². The Bertz CT molecular complexity index is 684. The minimum absolute atomic E-state index is 0.156. The summed E-state index contributed by atoms with van der Waals surface area (Å²) in [5.41, 5.74) is 2.73. The number of nitrogens with zero attached hydrogens (tertiary/aromatic N) is 1. The lowest BCUT2D eigenvalue weighted by Gasteiger charge is -2.09. The number of nitrogens with one attached hydrogen (secondary N) is 1. The first-order chi connectivity index (χ1) is 10.7. The molecule has 3 rings (SSSR count). The molecule has 2 aromatic carbocycles. The van der Waals surface area contributed by atoms with Gasteiger partial charge in [-0.2, -0.15) is 0 Å². The van der Waals surface area contributed by atoms with Crippen LogP contribution in [0.15, 0.2) is 59.8 Å². The predicted octanol–water partition coefficient (Wildman–Crippen LogP) is 3.15. The van der Waals surface area contributed by atoms with Crippen molar-refractivity contribution in [1.29, 1.82) is 0 Å². The number of rotatable bonds is 4. The van der Waals surface area contributed by atoms with E-state index in [1.54, 1.807) is 12.1 Å². The molecule has 0 fully saturated rings. The lowest BCUT2D eigenvalue weighted by molar-refractivity contribution is -0.131. The number of amides is 1. The fourth-order valence-corrected chi connectivity index (χ4v) is 2.36. The number of hydrogen-bond acceptors (Lipinski definition) is 3. The molecule has 1 amide bonds. The summed E-state index contributed by atoms with van der Waals surface area (Å²) in [4.78, 5) is 17.4. The molecule has 1 N–H and O–H groups in total. The predicted molar refractivity (Wildman–Crippen MR) is 85.8 cm³/mol. The lowest BCUT2D eigenvalue weighted by Crippen LogP contribution is -2.34. The molecule has 0 aliphatic carbocycles. The monoisotopic (exact) mass is 314 g/mol. The van der Waals surface area contributed by atoms with Gasteiger partial charge in [-0.3, -0.25) is 4.79 Å². The second-order valence-corrected chi connectivity index (χ2v) is 5.48. The van der Waals surface area contributed by atoms with E-state index < -0.39 is 6.10 Å². The Labute approximate surface area is 133 Å². The van der Waals surface area contributed by atoms with Crippen LogP contribution in [-0.4, -0.2) is 17.7 Å². The number of hydrogen-bond donors (Lipinski definition) is 1. The molecule has 0 radical (unpaired) electrons. The molecular weight excluding hydrogens is 300 g/mol. The summed E-state index contributed by atoms with van der Waals surface area (Å²) in [5, 5.41) is 7.54. The molecule has 0 unspecified atom stereocenters. The van der Waals surface area contributed by atoms with Crippen LogP contribution in [0.25, 0.3) is 0 Å². The van der Waals surface area contributed by atoms with Crippen LogP contribution in [-0.2, 0) is 16.2 Å². The molecule has 0 aromatic heterocycles. The van der Waals surface area contributed by atoms with Crippen LogP contribution in [0.4, 0.5) is 0 Å². The third-order valence-electron chi connectivity index (χ3n) is 3.45. The Balaban J connectivity index is 1.55. The lowest BCUT2D eigenvalue weighted by atomic mass is 10.0. The maximum absolute atomic E-state index is 12.1. The number of halogens is 1. The molecule has 112 valence electrons. The zero-order valence-corrected chi connectivity index (χ0v) is 12.6. The molecule has 1 heterocycles. The summed E-state index contributed by atoms with van der Waals surface area (Å²) in [6.45, 7) is 0.482. The van der Waals surface area contributed by atoms with Gasteiger partial charge in [-0.1, -0.05) is 59.2 Å². The third-order valence-corrected chi connectivity index (χ3v) is 3.70. The highest BCUT2D eigenvalue weighted by molar-refractivity contribution is 6.30. The van der Waals surface area contributed by atoms with Gasteiger partial charge in [0.05, 0.1) is 5.71 Å². The Morgan fingerprint density at radius 3 is 2.64 bits per heavy atom. The number of carbonyl (C=O) groups is 1. The number of benzene rings is 2. The Morgan fingerprint density at radius 2 is 1.91 bits per heavy atom. The van der Waals surface area contributed by atoms with E-state index in [1.165, 1.54) is 0 Å². The maximum Gasteiger partial charge on any atom is 0.264 e. The average molecular weight is 315 g/mol. The first-order valence-corrected chi connectivity index (χ1v) is 7.40. The molecule has 2 aromatic rings. The van der Waals surface area contributed by atoms with Crippen molar-refractivity contribution in [3.05, 3.63) is 70.7 Å². The van der Waals surface area contributed by atoms with E-state index in [2.05, 4.69) is 10.5 Å². The van der Waals surface area contributed by atoms with Crippen molar-refractivity contribution in [2.24, 2.45) is 5.16 Å². The van der Waals surface area contributed by atoms with E-state index in [4.69, 9.17) is 16.4 Å². The van der Waals surface area contributed by atoms with E-state index in [0.717, 1.165) is 16.8 Å². The summed E-state index contributed by atoms with van der Waals surface area (Å²) in [5.74, 6) is -0.156. The highest BCUT2D eigenvalue weighted by Crippen LogP contribution is 2.18. The first kappa shape index (κ1) is 14.6. The third kappa shape index (κ3) is 3.46. The molecule has 1 aliphatic heterocycles. The standard InChI is InChI=1S/C17H15ClN2O2/c18-14-8-6-13(7-9-14)15-10-16(22-20-15)17(21)19-11-12-4-2-1-3-5-12/h1-9,16H,10-11H2,(H,19,21)/t16-/m0/s1. The normalized spacial score (nSPS) is 16.8. The van der Waals surface area contributed by atoms with Crippen LogP contribution in [0, 0.1) is 0 Å². The van der Waals surface area contributed by atoms with Gasteiger partial charge >= 0.3 is 0 Å². The average Bonchev–Trinajstić information content (AvgIpc) is 3.04. The van der Waals surface area contributed by atoms with Crippen molar-refractivity contribution in [1.82, 2.24) is 5.32 Å². The summed E-state index contributed by atoms with van der Waals surface area (Å²) in [6, 6.07) is 17.1. The molecule has 5 heteroatoms. The van der Waals surface area contributed by atoms with Crippen molar-refractivity contribution in [3.8, 4) is 0 Å².